The van der Waals surface area contributed by atoms with E-state index in [1.165, 1.54) is 0 Å². The molecule has 2 rings (SSSR count). The van der Waals surface area contributed by atoms with E-state index >= 15 is 0 Å². The highest BCUT2D eigenvalue weighted by Crippen LogP contribution is 2.13. The molecule has 9 nitrogen and oxygen atoms in total. The van der Waals surface area contributed by atoms with Crippen LogP contribution in [-0.2, 0) is 37.6 Å². The number of hydrogen-bond donors (Lipinski definition) is 3. The highest BCUT2D eigenvalue weighted by molar-refractivity contribution is 7.87. The Labute approximate surface area is 236 Å². The van der Waals surface area contributed by atoms with Gasteiger partial charge in [0.25, 0.3) is 0 Å². The second kappa shape index (κ2) is 16.0. The molecular weight excluding hydrogens is 537 g/mol. The van der Waals surface area contributed by atoms with Gasteiger partial charge in [0.15, 0.2) is 0 Å². The van der Waals surface area contributed by atoms with Crippen molar-refractivity contribution in [2.45, 2.75) is 70.9 Å². The normalized spacial score (nSPS) is 13.8. The molecule has 0 bridgehead atoms. The molecule has 0 saturated carbocycles. The predicted molar refractivity (Wildman–Crippen MR) is 151 cm³/mol. The zero-order valence-corrected chi connectivity index (χ0v) is 24.2. The lowest BCUT2D eigenvalue weighted by atomic mass is 10.00. The fourth-order valence-corrected chi connectivity index (χ4v) is 4.74. The van der Waals surface area contributed by atoms with E-state index in [9.17, 15) is 26.7 Å². The van der Waals surface area contributed by atoms with E-state index in [-0.39, 0.29) is 31.3 Å². The smallest absolute Gasteiger partial charge is 0.408 e. The Morgan fingerprint density at radius 2 is 1.27 bits per heavy atom. The molecule has 0 aliphatic rings. The van der Waals surface area contributed by atoms with Gasteiger partial charge >= 0.3 is 16.3 Å². The number of alkyl carbamates (subject to hydrolysis) is 1. The summed E-state index contributed by atoms with van der Waals surface area (Å²) in [5.41, 5.74) is 1.40. The topological polar surface area (TPSA) is 131 Å². The summed E-state index contributed by atoms with van der Waals surface area (Å²) in [6, 6.07) is 15.6. The molecule has 0 radical (unpaired) electrons. The monoisotopic (exact) mass is 577 g/mol. The van der Waals surface area contributed by atoms with Crippen LogP contribution in [0.15, 0.2) is 60.7 Å². The molecule has 2 aromatic carbocycles. The van der Waals surface area contributed by atoms with Gasteiger partial charge in [-0.2, -0.15) is 8.42 Å². The predicted octanol–water partition coefficient (Wildman–Crippen LogP) is 3.89. The molecule has 0 heterocycles. The Morgan fingerprint density at radius 3 is 1.77 bits per heavy atom. The second-order valence-corrected chi connectivity index (χ2v) is 12.2. The van der Waals surface area contributed by atoms with Crippen molar-refractivity contribution in [3.8, 4) is 0 Å². The van der Waals surface area contributed by atoms with Crippen LogP contribution < -0.4 is 16.0 Å². The second-order valence-electron chi connectivity index (χ2n) is 10.6. The highest BCUT2D eigenvalue weighted by Gasteiger charge is 2.30. The molecule has 0 aliphatic heterocycles. The van der Waals surface area contributed by atoms with Crippen molar-refractivity contribution in [2.24, 2.45) is 11.8 Å². The summed E-state index contributed by atoms with van der Waals surface area (Å²) in [7, 11) is -4.96. The van der Waals surface area contributed by atoms with Crippen LogP contribution in [-0.4, -0.2) is 50.2 Å². The van der Waals surface area contributed by atoms with Crippen molar-refractivity contribution in [3.63, 3.8) is 0 Å². The molecule has 11 heteroatoms. The maximum absolute atomic E-state index is 14.0. The molecule has 3 atom stereocenters. The van der Waals surface area contributed by atoms with Crippen LogP contribution in [0.4, 0.5) is 8.68 Å². The number of ether oxygens (including phenoxy) is 1. The first-order valence-corrected chi connectivity index (χ1v) is 14.8. The van der Waals surface area contributed by atoms with Crippen LogP contribution in [0.5, 0.6) is 0 Å². The van der Waals surface area contributed by atoms with Crippen molar-refractivity contribution in [2.75, 3.05) is 6.54 Å². The Hall–Kier alpha value is -3.47. The minimum atomic E-state index is -4.96. The van der Waals surface area contributed by atoms with Gasteiger partial charge in [-0.3, -0.25) is 9.59 Å². The first kappa shape index (κ1) is 32.7. The third kappa shape index (κ3) is 12.1. The van der Waals surface area contributed by atoms with Gasteiger partial charge in [-0.05, 0) is 42.2 Å². The van der Waals surface area contributed by atoms with Crippen LogP contribution in [0.25, 0.3) is 0 Å². The van der Waals surface area contributed by atoms with Crippen molar-refractivity contribution in [1.29, 1.82) is 0 Å². The van der Waals surface area contributed by atoms with Gasteiger partial charge in [-0.25, -0.2) is 4.79 Å². The van der Waals surface area contributed by atoms with Gasteiger partial charge in [0, 0.05) is 6.54 Å². The molecule has 3 N–H and O–H groups in total. The lowest BCUT2D eigenvalue weighted by Crippen LogP contribution is -2.55. The van der Waals surface area contributed by atoms with Crippen LogP contribution in [0, 0.1) is 11.8 Å². The third-order valence-corrected chi connectivity index (χ3v) is 7.21. The molecule has 3 amide bonds. The van der Waals surface area contributed by atoms with Crippen LogP contribution in [0.3, 0.4) is 0 Å². The number of hydrogen-bond acceptors (Lipinski definition) is 6. The lowest BCUT2D eigenvalue weighted by molar-refractivity contribution is -0.130. The highest BCUT2D eigenvalue weighted by atomic mass is 32.3. The average Bonchev–Trinajstić information content (AvgIpc) is 2.89. The molecule has 0 fully saturated rings. The number of benzene rings is 2. The van der Waals surface area contributed by atoms with Crippen molar-refractivity contribution < 1.29 is 31.4 Å². The number of nitrogens with one attached hydrogen (secondary N) is 3. The van der Waals surface area contributed by atoms with Gasteiger partial charge in [-0.15, -0.1) is 3.89 Å². The summed E-state index contributed by atoms with van der Waals surface area (Å²) < 4.78 is 42.8. The van der Waals surface area contributed by atoms with E-state index in [2.05, 4.69) is 16.0 Å². The molecule has 0 aromatic heterocycles. The number of rotatable bonds is 15. The van der Waals surface area contributed by atoms with Crippen molar-refractivity contribution >= 4 is 28.1 Å². The third-order valence-electron chi connectivity index (χ3n) is 6.08. The maximum atomic E-state index is 14.0. The van der Waals surface area contributed by atoms with E-state index in [1.807, 2.05) is 45.9 Å². The number of amides is 3. The van der Waals surface area contributed by atoms with E-state index in [4.69, 9.17) is 4.74 Å². The minimum Gasteiger partial charge on any atom is -0.445 e. The quantitative estimate of drug-likeness (QED) is 0.276. The molecule has 0 spiro atoms. The molecule has 2 aromatic rings. The van der Waals surface area contributed by atoms with E-state index in [0.717, 1.165) is 5.56 Å². The average molecular weight is 578 g/mol. The molecule has 220 valence electrons. The largest absolute Gasteiger partial charge is 0.445 e. The maximum Gasteiger partial charge on any atom is 0.408 e. The summed E-state index contributed by atoms with van der Waals surface area (Å²) in [4.78, 5) is 38.7. The first-order chi connectivity index (χ1) is 18.8. The van der Waals surface area contributed by atoms with E-state index in [1.54, 1.807) is 42.5 Å². The Morgan fingerprint density at radius 1 is 0.775 bits per heavy atom. The van der Waals surface area contributed by atoms with Gasteiger partial charge in [-0.1, -0.05) is 88.4 Å². The Balaban J connectivity index is 2.06. The minimum absolute atomic E-state index is 0.00609. The summed E-state index contributed by atoms with van der Waals surface area (Å²) in [6.07, 6.45) is -0.351. The molecule has 0 aliphatic carbocycles. The fraction of sp³-hybridized carbons (Fsp3) is 0.483. The SMILES string of the molecule is CC(C)C[C@H](NC(=O)OCc1ccccc1)C(=O)N[C@@H](CC(C)C)C(=O)NC[C@H](Cc1ccccc1)S(=O)(=O)F. The van der Waals surface area contributed by atoms with Crippen LogP contribution in [0.1, 0.15) is 51.7 Å². The van der Waals surface area contributed by atoms with Gasteiger partial charge < -0.3 is 20.7 Å². The van der Waals surface area contributed by atoms with E-state index < -0.39 is 52.0 Å². The fourth-order valence-electron chi connectivity index (χ4n) is 4.07. The number of halogens is 1. The standard InChI is InChI=1S/C29H40FN3O6S/c1-20(2)15-25(27(34)31-18-24(40(30,37)38)17-22-11-7-5-8-12-22)32-28(35)26(16-21(3)4)33-29(36)39-19-23-13-9-6-10-14-23/h5-14,20-21,24-26H,15-19H2,1-4H3,(H,31,34)(H,32,35)(H,33,36)/t24-,25-,26-/m0/s1. The zero-order valence-electron chi connectivity index (χ0n) is 23.4. The Bertz CT molecular complexity index is 1190. The molecular formula is C29H40FN3O6S. The summed E-state index contributed by atoms with van der Waals surface area (Å²) >= 11 is 0. The van der Waals surface area contributed by atoms with Gasteiger partial charge in [0.1, 0.15) is 23.9 Å². The van der Waals surface area contributed by atoms with Crippen molar-refractivity contribution in [3.05, 3.63) is 71.8 Å². The summed E-state index contributed by atoms with van der Waals surface area (Å²) in [6.45, 7) is 7.07. The van der Waals surface area contributed by atoms with Gasteiger partial charge in [0.2, 0.25) is 11.8 Å². The lowest BCUT2D eigenvalue weighted by Gasteiger charge is -2.25. The first-order valence-electron chi connectivity index (χ1n) is 13.4. The molecule has 0 unspecified atom stereocenters. The number of carbonyl (C=O) groups excluding carboxylic acids is 3. The van der Waals surface area contributed by atoms with Crippen molar-refractivity contribution in [1.82, 2.24) is 16.0 Å². The zero-order chi connectivity index (χ0) is 29.7. The van der Waals surface area contributed by atoms with Gasteiger partial charge in [0.05, 0.1) is 0 Å². The van der Waals surface area contributed by atoms with Crippen LogP contribution >= 0.6 is 0 Å². The van der Waals surface area contributed by atoms with E-state index in [0.29, 0.717) is 12.0 Å². The number of carbonyl (C=O) groups is 3. The van der Waals surface area contributed by atoms with Crippen LogP contribution in [0.2, 0.25) is 0 Å². The molecule has 40 heavy (non-hydrogen) atoms. The summed E-state index contributed by atoms with van der Waals surface area (Å²) in [5.74, 6) is -1.19. The molecule has 0 saturated heterocycles. The summed E-state index contributed by atoms with van der Waals surface area (Å²) in [5, 5.41) is 6.27. The Kier molecular flexibility index (Phi) is 13.1.